The molecule has 1 fully saturated rings. The Morgan fingerprint density at radius 1 is 1.25 bits per heavy atom. The molecule has 2 N–H and O–H groups in total. The lowest BCUT2D eigenvalue weighted by Crippen LogP contribution is -2.31. The predicted octanol–water partition coefficient (Wildman–Crippen LogP) is 2.47. The van der Waals surface area contributed by atoms with Gasteiger partial charge in [0.05, 0.1) is 13.2 Å². The van der Waals surface area contributed by atoms with E-state index >= 15 is 0 Å². The van der Waals surface area contributed by atoms with Crippen LogP contribution in [0.3, 0.4) is 0 Å². The molecule has 1 aromatic rings. The minimum atomic E-state index is -1.07. The fraction of sp³-hybridized carbons (Fsp3) is 0.533. The number of hydrogen-bond acceptors (Lipinski definition) is 4. The van der Waals surface area contributed by atoms with Gasteiger partial charge in [0.15, 0.2) is 11.5 Å². The third-order valence-corrected chi connectivity index (χ3v) is 3.62. The van der Waals surface area contributed by atoms with Crippen LogP contribution in [0.2, 0.25) is 0 Å². The number of carbonyl (C=O) groups is 1. The largest absolute Gasteiger partial charge is 0.493 e. The second-order valence-electron chi connectivity index (χ2n) is 5.00. The lowest BCUT2D eigenvalue weighted by Gasteiger charge is -2.24. The first-order chi connectivity index (χ1) is 9.63. The molecule has 0 aromatic heterocycles. The van der Waals surface area contributed by atoms with Gasteiger partial charge in [0.2, 0.25) is 0 Å². The monoisotopic (exact) mass is 280 g/mol. The lowest BCUT2D eigenvalue weighted by atomic mass is 10.1. The Morgan fingerprint density at radius 2 is 2.00 bits per heavy atom. The molecule has 0 radical (unpaired) electrons. The third kappa shape index (κ3) is 3.22. The molecule has 2 rings (SSSR count). The normalized spacial score (nSPS) is 22.9. The molecular weight excluding hydrogens is 260 g/mol. The van der Waals surface area contributed by atoms with Gasteiger partial charge in [-0.1, -0.05) is 18.9 Å². The minimum absolute atomic E-state index is 0.0563. The van der Waals surface area contributed by atoms with Crippen molar-refractivity contribution >= 4 is 5.97 Å². The zero-order chi connectivity index (χ0) is 14.5. The molecule has 0 amide bonds. The number of rotatable bonds is 4. The Kier molecular flexibility index (Phi) is 4.84. The summed E-state index contributed by atoms with van der Waals surface area (Å²) < 4.78 is 11.0. The average Bonchev–Trinajstić information content (AvgIpc) is 2.64. The van der Waals surface area contributed by atoms with Crippen LogP contribution in [0.4, 0.5) is 0 Å². The van der Waals surface area contributed by atoms with Gasteiger partial charge in [-0.05, 0) is 31.4 Å². The van der Waals surface area contributed by atoms with Crippen LogP contribution in [0.1, 0.15) is 42.5 Å². The van der Waals surface area contributed by atoms with Gasteiger partial charge in [0, 0.05) is 0 Å². The van der Waals surface area contributed by atoms with E-state index in [2.05, 4.69) is 0 Å². The van der Waals surface area contributed by atoms with Crippen LogP contribution in [0, 0.1) is 0 Å². The Bertz CT molecular complexity index is 471. The van der Waals surface area contributed by atoms with E-state index in [0.717, 1.165) is 25.7 Å². The number of aliphatic hydroxyl groups excluding tert-OH is 1. The van der Waals surface area contributed by atoms with E-state index in [1.165, 1.54) is 13.2 Å². The third-order valence-electron chi connectivity index (χ3n) is 3.62. The lowest BCUT2D eigenvalue weighted by molar-refractivity contribution is 0.0290. The highest BCUT2D eigenvalue weighted by molar-refractivity contribution is 5.92. The number of carboxylic acid groups (broad SMARTS) is 1. The second kappa shape index (κ2) is 6.61. The molecule has 0 heterocycles. The summed E-state index contributed by atoms with van der Waals surface area (Å²) in [6, 6.07) is 4.74. The molecule has 2 unspecified atom stereocenters. The first-order valence-corrected chi connectivity index (χ1v) is 6.88. The molecule has 110 valence electrons. The van der Waals surface area contributed by atoms with Gasteiger partial charge in [-0.3, -0.25) is 0 Å². The molecule has 0 bridgehead atoms. The fourth-order valence-corrected chi connectivity index (χ4v) is 2.51. The van der Waals surface area contributed by atoms with Crippen LogP contribution in [-0.2, 0) is 0 Å². The van der Waals surface area contributed by atoms with Gasteiger partial charge in [-0.25, -0.2) is 4.79 Å². The summed E-state index contributed by atoms with van der Waals surface area (Å²) >= 11 is 0. The highest BCUT2D eigenvalue weighted by Crippen LogP contribution is 2.34. The zero-order valence-corrected chi connectivity index (χ0v) is 11.5. The second-order valence-corrected chi connectivity index (χ2v) is 5.00. The van der Waals surface area contributed by atoms with E-state index in [4.69, 9.17) is 9.47 Å². The van der Waals surface area contributed by atoms with E-state index in [1.807, 2.05) is 0 Å². The molecule has 1 saturated carbocycles. The molecule has 0 spiro atoms. The Morgan fingerprint density at radius 3 is 2.70 bits per heavy atom. The quantitative estimate of drug-likeness (QED) is 0.829. The van der Waals surface area contributed by atoms with Gasteiger partial charge < -0.3 is 19.7 Å². The number of hydrogen-bond donors (Lipinski definition) is 2. The summed E-state index contributed by atoms with van der Waals surface area (Å²) in [5.74, 6) is -0.489. The minimum Gasteiger partial charge on any atom is -0.493 e. The highest BCUT2D eigenvalue weighted by Gasteiger charge is 2.26. The van der Waals surface area contributed by atoms with Crippen molar-refractivity contribution in [3.05, 3.63) is 23.8 Å². The van der Waals surface area contributed by atoms with Crippen molar-refractivity contribution in [2.75, 3.05) is 7.11 Å². The average molecular weight is 280 g/mol. The van der Waals surface area contributed by atoms with Crippen LogP contribution in [0.15, 0.2) is 18.2 Å². The van der Waals surface area contributed by atoms with Crippen LogP contribution < -0.4 is 9.47 Å². The number of benzene rings is 1. The van der Waals surface area contributed by atoms with Gasteiger partial charge in [-0.2, -0.15) is 0 Å². The number of para-hydroxylation sites is 1. The number of aromatic carboxylic acids is 1. The van der Waals surface area contributed by atoms with E-state index in [1.54, 1.807) is 12.1 Å². The maximum Gasteiger partial charge on any atom is 0.339 e. The Balaban J connectivity index is 2.28. The van der Waals surface area contributed by atoms with Crippen LogP contribution in [0.25, 0.3) is 0 Å². The molecular formula is C15H20O5. The summed E-state index contributed by atoms with van der Waals surface area (Å²) in [7, 11) is 1.47. The predicted molar refractivity (Wildman–Crippen MR) is 73.5 cm³/mol. The molecule has 1 aliphatic rings. The number of aliphatic hydroxyl groups is 1. The molecule has 1 aliphatic carbocycles. The summed E-state index contributed by atoms with van der Waals surface area (Å²) in [4.78, 5) is 11.3. The maximum absolute atomic E-state index is 11.3. The summed E-state index contributed by atoms with van der Waals surface area (Å²) in [5, 5.41) is 19.3. The van der Waals surface area contributed by atoms with Gasteiger partial charge in [0.25, 0.3) is 0 Å². The number of carboxylic acids is 1. The summed E-state index contributed by atoms with van der Waals surface area (Å²) in [6.07, 6.45) is 3.46. The van der Waals surface area contributed by atoms with Crippen molar-refractivity contribution in [1.82, 2.24) is 0 Å². The fourth-order valence-electron chi connectivity index (χ4n) is 2.51. The van der Waals surface area contributed by atoms with Gasteiger partial charge >= 0.3 is 5.97 Å². The number of methoxy groups -OCH3 is 1. The van der Waals surface area contributed by atoms with Crippen LogP contribution in [0.5, 0.6) is 11.5 Å². The van der Waals surface area contributed by atoms with E-state index in [-0.39, 0.29) is 17.4 Å². The van der Waals surface area contributed by atoms with Crippen molar-refractivity contribution in [1.29, 1.82) is 0 Å². The highest BCUT2D eigenvalue weighted by atomic mass is 16.5. The first-order valence-electron chi connectivity index (χ1n) is 6.88. The Labute approximate surface area is 118 Å². The molecule has 2 atom stereocenters. The smallest absolute Gasteiger partial charge is 0.339 e. The molecule has 0 aliphatic heterocycles. The first kappa shape index (κ1) is 14.7. The van der Waals surface area contributed by atoms with E-state index in [0.29, 0.717) is 12.2 Å². The van der Waals surface area contributed by atoms with Gasteiger partial charge in [0.1, 0.15) is 11.7 Å². The summed E-state index contributed by atoms with van der Waals surface area (Å²) in [5.41, 5.74) is 0.0563. The standard InChI is InChI=1S/C15H20O5/c1-19-13-9-5-6-10(15(17)18)14(13)20-12-8-4-2-3-7-11(12)16/h5-6,9,11-12,16H,2-4,7-8H2,1H3,(H,17,18). The molecule has 5 nitrogen and oxygen atoms in total. The van der Waals surface area contributed by atoms with E-state index in [9.17, 15) is 15.0 Å². The molecule has 1 aromatic carbocycles. The SMILES string of the molecule is COc1cccc(C(=O)O)c1OC1CCCCCC1O. The van der Waals surface area contributed by atoms with Crippen molar-refractivity contribution in [2.45, 2.75) is 44.3 Å². The van der Waals surface area contributed by atoms with Crippen molar-refractivity contribution in [3.8, 4) is 11.5 Å². The topological polar surface area (TPSA) is 76.0 Å². The molecule has 5 heteroatoms. The molecule has 20 heavy (non-hydrogen) atoms. The van der Waals surface area contributed by atoms with E-state index < -0.39 is 12.1 Å². The van der Waals surface area contributed by atoms with Crippen molar-refractivity contribution < 1.29 is 24.5 Å². The zero-order valence-electron chi connectivity index (χ0n) is 11.5. The van der Waals surface area contributed by atoms with Gasteiger partial charge in [-0.15, -0.1) is 0 Å². The Hall–Kier alpha value is -1.75. The molecule has 0 saturated heterocycles. The van der Waals surface area contributed by atoms with Crippen molar-refractivity contribution in [2.24, 2.45) is 0 Å². The van der Waals surface area contributed by atoms with Crippen molar-refractivity contribution in [3.63, 3.8) is 0 Å². The van der Waals surface area contributed by atoms with Crippen LogP contribution in [-0.4, -0.2) is 35.5 Å². The summed E-state index contributed by atoms with van der Waals surface area (Å²) in [6.45, 7) is 0. The number of ether oxygens (including phenoxy) is 2. The van der Waals surface area contributed by atoms with Crippen LogP contribution >= 0.6 is 0 Å². The maximum atomic E-state index is 11.3.